The molecule has 1 heterocycles. The Morgan fingerprint density at radius 2 is 1.94 bits per heavy atom. The van der Waals surface area contributed by atoms with E-state index in [1.165, 1.54) is 0 Å². The van der Waals surface area contributed by atoms with Crippen molar-refractivity contribution in [2.45, 2.75) is 18.3 Å². The Morgan fingerprint density at radius 3 is 2.47 bits per heavy atom. The maximum Gasteiger partial charge on any atom is 0.314 e. The van der Waals surface area contributed by atoms with Gasteiger partial charge in [-0.15, -0.1) is 0 Å². The van der Waals surface area contributed by atoms with Crippen LogP contribution in [0.4, 0.5) is 0 Å². The molecule has 3 nitrogen and oxygen atoms in total. The van der Waals surface area contributed by atoms with Crippen molar-refractivity contribution in [3.05, 3.63) is 34.9 Å². The quantitative estimate of drug-likeness (QED) is 0.880. The van der Waals surface area contributed by atoms with Crippen LogP contribution < -0.4 is 0 Å². The molecule has 0 bridgehead atoms. The van der Waals surface area contributed by atoms with E-state index in [2.05, 4.69) is 4.90 Å². The van der Waals surface area contributed by atoms with Crippen molar-refractivity contribution in [2.75, 3.05) is 20.1 Å². The van der Waals surface area contributed by atoms with Crippen molar-refractivity contribution < 1.29 is 9.90 Å². The van der Waals surface area contributed by atoms with E-state index in [4.69, 9.17) is 11.6 Å². The number of likely N-dealkylation sites (tertiary alicyclic amines) is 1. The molecule has 0 saturated carbocycles. The molecule has 0 spiro atoms. The Balaban J connectivity index is 2.42. The Bertz CT molecular complexity index is 425. The SMILES string of the molecule is CN1CCC(C(=O)O)(c2ccccc2Cl)CC1. The van der Waals surface area contributed by atoms with Crippen molar-refractivity contribution >= 4 is 17.6 Å². The minimum atomic E-state index is -0.815. The lowest BCUT2D eigenvalue weighted by molar-refractivity contribution is -0.145. The van der Waals surface area contributed by atoms with Crippen LogP contribution in [0.2, 0.25) is 5.02 Å². The van der Waals surface area contributed by atoms with Crippen LogP contribution in [0.1, 0.15) is 18.4 Å². The zero-order valence-corrected chi connectivity index (χ0v) is 10.6. The van der Waals surface area contributed by atoms with Crippen LogP contribution in [0.5, 0.6) is 0 Å². The van der Waals surface area contributed by atoms with Crippen molar-refractivity contribution in [3.63, 3.8) is 0 Å². The summed E-state index contributed by atoms with van der Waals surface area (Å²) in [6.07, 6.45) is 1.23. The maximum atomic E-state index is 11.7. The summed E-state index contributed by atoms with van der Waals surface area (Å²) in [7, 11) is 2.01. The Kier molecular flexibility index (Phi) is 3.40. The lowest BCUT2D eigenvalue weighted by Crippen LogP contribution is -2.46. The van der Waals surface area contributed by atoms with Gasteiger partial charge in [0.1, 0.15) is 0 Å². The molecule has 1 N–H and O–H groups in total. The number of rotatable bonds is 2. The van der Waals surface area contributed by atoms with Gasteiger partial charge in [0.2, 0.25) is 0 Å². The van der Waals surface area contributed by atoms with Gasteiger partial charge >= 0.3 is 5.97 Å². The molecule has 1 aliphatic rings. The number of hydrogen-bond acceptors (Lipinski definition) is 2. The van der Waals surface area contributed by atoms with E-state index < -0.39 is 11.4 Å². The van der Waals surface area contributed by atoms with Crippen LogP contribution >= 0.6 is 11.6 Å². The number of aliphatic carboxylic acids is 1. The zero-order chi connectivity index (χ0) is 12.5. The Labute approximate surface area is 106 Å². The van der Waals surface area contributed by atoms with Crippen LogP contribution in [0.25, 0.3) is 0 Å². The first-order valence-electron chi connectivity index (χ1n) is 5.73. The van der Waals surface area contributed by atoms with Crippen LogP contribution in [0.3, 0.4) is 0 Å². The fourth-order valence-electron chi connectivity index (χ4n) is 2.45. The van der Waals surface area contributed by atoms with E-state index in [0.29, 0.717) is 17.9 Å². The molecule has 1 saturated heterocycles. The van der Waals surface area contributed by atoms with Crippen LogP contribution in [-0.4, -0.2) is 36.1 Å². The molecular weight excluding hydrogens is 238 g/mol. The van der Waals surface area contributed by atoms with Crippen molar-refractivity contribution in [3.8, 4) is 0 Å². The first kappa shape index (κ1) is 12.4. The second-order valence-corrected chi connectivity index (χ2v) is 5.08. The number of halogens is 1. The van der Waals surface area contributed by atoms with Gasteiger partial charge in [-0.1, -0.05) is 29.8 Å². The number of benzene rings is 1. The minimum absolute atomic E-state index is 0.555. The highest BCUT2D eigenvalue weighted by molar-refractivity contribution is 6.31. The smallest absolute Gasteiger partial charge is 0.314 e. The summed E-state index contributed by atoms with van der Waals surface area (Å²) in [6, 6.07) is 7.28. The number of carboxylic acid groups (broad SMARTS) is 1. The molecule has 92 valence electrons. The molecule has 1 aliphatic heterocycles. The van der Waals surface area contributed by atoms with Gasteiger partial charge in [0.25, 0.3) is 0 Å². The first-order chi connectivity index (χ1) is 8.06. The number of nitrogens with zero attached hydrogens (tertiary/aromatic N) is 1. The lowest BCUT2D eigenvalue weighted by atomic mass is 9.73. The molecular formula is C13H16ClNO2. The second kappa shape index (κ2) is 4.67. The second-order valence-electron chi connectivity index (χ2n) is 4.67. The summed E-state index contributed by atoms with van der Waals surface area (Å²) in [4.78, 5) is 13.8. The summed E-state index contributed by atoms with van der Waals surface area (Å²) >= 11 is 6.15. The first-order valence-corrected chi connectivity index (χ1v) is 6.11. The summed E-state index contributed by atoms with van der Waals surface area (Å²) < 4.78 is 0. The highest BCUT2D eigenvalue weighted by atomic mass is 35.5. The van der Waals surface area contributed by atoms with Gasteiger partial charge in [0.05, 0.1) is 5.41 Å². The fraction of sp³-hybridized carbons (Fsp3) is 0.462. The van der Waals surface area contributed by atoms with Gasteiger partial charge in [-0.05, 0) is 44.6 Å². The van der Waals surface area contributed by atoms with E-state index in [1.54, 1.807) is 6.07 Å². The highest BCUT2D eigenvalue weighted by Crippen LogP contribution is 2.39. The van der Waals surface area contributed by atoms with Gasteiger partial charge in [0, 0.05) is 5.02 Å². The molecule has 0 radical (unpaired) electrons. The molecule has 0 amide bonds. The average molecular weight is 254 g/mol. The molecule has 17 heavy (non-hydrogen) atoms. The standard InChI is InChI=1S/C13H16ClNO2/c1-15-8-6-13(7-9-15,12(16)17)10-4-2-3-5-11(10)14/h2-5H,6-9H2,1H3,(H,16,17). The summed E-state index contributed by atoms with van der Waals surface area (Å²) in [6.45, 7) is 1.58. The summed E-state index contributed by atoms with van der Waals surface area (Å²) in [5.41, 5.74) is -0.0625. The normalized spacial score (nSPS) is 20.1. The third-order valence-electron chi connectivity index (χ3n) is 3.64. The molecule has 0 unspecified atom stereocenters. The number of piperidine rings is 1. The number of carboxylic acids is 1. The number of hydrogen-bond donors (Lipinski definition) is 1. The van der Waals surface area contributed by atoms with Crippen LogP contribution in [0, 0.1) is 0 Å². The molecule has 2 rings (SSSR count). The summed E-state index contributed by atoms with van der Waals surface area (Å²) in [5.74, 6) is -0.765. The van der Waals surface area contributed by atoms with Crippen LogP contribution in [-0.2, 0) is 10.2 Å². The van der Waals surface area contributed by atoms with E-state index in [9.17, 15) is 9.90 Å². The predicted octanol–water partition coefficient (Wildman–Crippen LogP) is 2.39. The van der Waals surface area contributed by atoms with Crippen molar-refractivity contribution in [1.82, 2.24) is 4.90 Å². The van der Waals surface area contributed by atoms with Gasteiger partial charge in [-0.3, -0.25) is 4.79 Å². The van der Waals surface area contributed by atoms with Gasteiger partial charge in [-0.25, -0.2) is 0 Å². The molecule has 0 aliphatic carbocycles. The van der Waals surface area contributed by atoms with Gasteiger partial charge in [0.15, 0.2) is 0 Å². The maximum absolute atomic E-state index is 11.7. The largest absolute Gasteiger partial charge is 0.481 e. The van der Waals surface area contributed by atoms with E-state index in [0.717, 1.165) is 18.7 Å². The zero-order valence-electron chi connectivity index (χ0n) is 9.82. The monoisotopic (exact) mass is 253 g/mol. The average Bonchev–Trinajstić information content (AvgIpc) is 2.31. The van der Waals surface area contributed by atoms with E-state index in [1.807, 2.05) is 25.2 Å². The van der Waals surface area contributed by atoms with E-state index in [-0.39, 0.29) is 0 Å². The molecule has 1 aromatic carbocycles. The predicted molar refractivity (Wildman–Crippen MR) is 67.5 cm³/mol. The van der Waals surface area contributed by atoms with Crippen molar-refractivity contribution in [2.24, 2.45) is 0 Å². The fourth-order valence-corrected chi connectivity index (χ4v) is 2.76. The molecule has 0 atom stereocenters. The van der Waals surface area contributed by atoms with Gasteiger partial charge < -0.3 is 10.0 Å². The topological polar surface area (TPSA) is 40.5 Å². The Morgan fingerprint density at radius 1 is 1.35 bits per heavy atom. The molecule has 4 heteroatoms. The van der Waals surface area contributed by atoms with E-state index >= 15 is 0 Å². The van der Waals surface area contributed by atoms with Gasteiger partial charge in [-0.2, -0.15) is 0 Å². The Hall–Kier alpha value is -1.06. The van der Waals surface area contributed by atoms with Crippen LogP contribution in [0.15, 0.2) is 24.3 Å². The highest BCUT2D eigenvalue weighted by Gasteiger charge is 2.43. The third kappa shape index (κ3) is 2.17. The summed E-state index contributed by atoms with van der Waals surface area (Å²) in [5, 5.41) is 10.1. The number of carbonyl (C=O) groups is 1. The minimum Gasteiger partial charge on any atom is -0.481 e. The molecule has 1 aromatic rings. The third-order valence-corrected chi connectivity index (χ3v) is 3.97. The molecule has 1 fully saturated rings. The lowest BCUT2D eigenvalue weighted by Gasteiger charge is -2.38. The van der Waals surface area contributed by atoms with Crippen molar-refractivity contribution in [1.29, 1.82) is 0 Å². The molecule has 0 aromatic heterocycles.